The summed E-state index contributed by atoms with van der Waals surface area (Å²) in [6.45, 7) is 11.2. The number of hydrogen-bond donors (Lipinski definition) is 8. The molecule has 538 valence electrons. The first-order chi connectivity index (χ1) is 46.5. The van der Waals surface area contributed by atoms with Gasteiger partial charge in [0.05, 0.1) is 79.8 Å². The van der Waals surface area contributed by atoms with Crippen LogP contribution in [-0.2, 0) is 79.2 Å². The second-order valence-corrected chi connectivity index (χ2v) is 26.2. The van der Waals surface area contributed by atoms with E-state index in [1.807, 2.05) is 32.0 Å². The van der Waals surface area contributed by atoms with Crippen molar-refractivity contribution in [3.63, 3.8) is 0 Å². The van der Waals surface area contributed by atoms with Gasteiger partial charge in [0.1, 0.15) is 38.0 Å². The molecule has 0 bridgehead atoms. The van der Waals surface area contributed by atoms with Gasteiger partial charge in [0.25, 0.3) is 11.8 Å². The van der Waals surface area contributed by atoms with Crippen molar-refractivity contribution in [1.29, 1.82) is 0 Å². The molecule has 1 aromatic heterocycles. The second-order valence-electron chi connectivity index (χ2n) is 25.1. The zero-order valence-corrected chi connectivity index (χ0v) is 60.9. The number of fused-ring (bicyclic) bond motifs is 1. The number of aliphatic hydroxyl groups is 1. The average molecular weight is 1500 g/mol. The molecular formula is C67H95Br2N13O16. The number of likely N-dealkylation sites (N-methyl/N-ethyl adjacent to an activating group) is 2. The van der Waals surface area contributed by atoms with Gasteiger partial charge in [-0.3, -0.25) is 62.4 Å². The van der Waals surface area contributed by atoms with Gasteiger partial charge >= 0.3 is 0 Å². The Morgan fingerprint density at radius 1 is 0.684 bits per heavy atom. The molecule has 3 aromatic rings. The molecule has 98 heavy (non-hydrogen) atoms. The topological polar surface area (TPSA) is 376 Å². The van der Waals surface area contributed by atoms with E-state index in [1.165, 1.54) is 31.1 Å². The molecule has 1 saturated heterocycles. The molecule has 11 atom stereocenters. The van der Waals surface area contributed by atoms with Crippen molar-refractivity contribution in [1.82, 2.24) is 66.8 Å². The van der Waals surface area contributed by atoms with Gasteiger partial charge in [-0.25, -0.2) is 9.97 Å². The van der Waals surface area contributed by atoms with E-state index in [0.717, 1.165) is 0 Å². The summed E-state index contributed by atoms with van der Waals surface area (Å²) in [5.41, 5.74) is 1.76. The summed E-state index contributed by atoms with van der Waals surface area (Å²) in [5.74, 6) is -9.71. The summed E-state index contributed by atoms with van der Waals surface area (Å²) in [7, 11) is 6.02. The minimum Gasteiger partial charge on any atom is -0.386 e. The Morgan fingerprint density at radius 2 is 1.26 bits per heavy atom. The van der Waals surface area contributed by atoms with Gasteiger partial charge in [-0.05, 0) is 48.6 Å². The smallest absolute Gasteiger partial charge is 0.282 e. The van der Waals surface area contributed by atoms with E-state index in [1.54, 1.807) is 96.0 Å². The maximum atomic E-state index is 14.8. The maximum absolute atomic E-state index is 14.8. The number of alkyl halides is 2. The number of nitrogens with one attached hydrogen (secondary N) is 7. The Morgan fingerprint density at radius 3 is 1.82 bits per heavy atom. The first kappa shape index (κ1) is 80.8. The molecule has 2 aliphatic heterocycles. The van der Waals surface area contributed by atoms with Crippen LogP contribution in [-0.4, -0.2) is 228 Å². The van der Waals surface area contributed by atoms with Gasteiger partial charge in [-0.2, -0.15) is 0 Å². The van der Waals surface area contributed by atoms with Crippen LogP contribution in [0.3, 0.4) is 0 Å². The van der Waals surface area contributed by atoms with Gasteiger partial charge in [0, 0.05) is 51.9 Å². The van der Waals surface area contributed by atoms with Crippen molar-refractivity contribution in [2.24, 2.45) is 23.7 Å². The normalized spacial score (nSPS) is 16.6. The van der Waals surface area contributed by atoms with Crippen LogP contribution < -0.4 is 37.2 Å². The Bertz CT molecular complexity index is 3240. The molecule has 2 aliphatic rings. The highest BCUT2D eigenvalue weighted by Crippen LogP contribution is 2.31. The first-order valence-corrected chi connectivity index (χ1v) is 34.9. The zero-order chi connectivity index (χ0) is 72.7. The Balaban J connectivity index is 1.10. The Hall–Kier alpha value is -7.84. The molecule has 0 radical (unpaired) electrons. The molecule has 0 saturated carbocycles. The van der Waals surface area contributed by atoms with E-state index in [9.17, 15) is 62.6 Å². The largest absolute Gasteiger partial charge is 0.386 e. The maximum Gasteiger partial charge on any atom is 0.282 e. The SMILES string of the molecule is CC[C@H](C)[C@@H]([C@@H](CC(=O)N1CCC[C@H]1[C@H](OC)[C@@H](C)C(=O)N[C@H](C)[C@@H](O)c1ccccc1)OC)N(C)C(=O)[C@@H](NC(=O)[C@H](C(C)C)N(C)C(=O)COCNC(=O)CNC(=O)[C@H](Cc1ccccc1)NC(=O)CNC(=O)CNC(=O)CN1C(=O)c2nc(CBr)c(CBr)nc2C1=O)C(C)C. The van der Waals surface area contributed by atoms with Gasteiger partial charge in [0.2, 0.25) is 59.1 Å². The fraction of sp³-hybridized carbons (Fsp3) is 0.582. The number of hydrogen-bond acceptors (Lipinski definition) is 18. The molecule has 3 heterocycles. The lowest BCUT2D eigenvalue weighted by Crippen LogP contribution is -2.60. The summed E-state index contributed by atoms with van der Waals surface area (Å²) >= 11 is 6.54. The van der Waals surface area contributed by atoms with Crippen LogP contribution in [0.25, 0.3) is 0 Å². The summed E-state index contributed by atoms with van der Waals surface area (Å²) in [6.07, 6.45) is -0.699. The third-order valence-corrected chi connectivity index (χ3v) is 18.6. The molecule has 0 spiro atoms. The number of nitrogens with zero attached hydrogens (tertiary/aromatic N) is 6. The van der Waals surface area contributed by atoms with E-state index in [0.29, 0.717) is 53.2 Å². The molecule has 0 aliphatic carbocycles. The summed E-state index contributed by atoms with van der Waals surface area (Å²) in [4.78, 5) is 175. The highest BCUT2D eigenvalue weighted by molar-refractivity contribution is 9.09. The Kier molecular flexibility index (Phi) is 32.2. The van der Waals surface area contributed by atoms with Crippen LogP contribution in [0.1, 0.15) is 131 Å². The lowest BCUT2D eigenvalue weighted by atomic mass is 9.89. The third-order valence-electron chi connectivity index (χ3n) is 17.5. The first-order valence-electron chi connectivity index (χ1n) is 32.6. The third kappa shape index (κ3) is 22.1. The molecule has 5 rings (SSSR count). The lowest BCUT2D eigenvalue weighted by Gasteiger charge is -2.41. The summed E-state index contributed by atoms with van der Waals surface area (Å²) in [6, 6.07) is 12.5. The molecule has 0 unspecified atom stereocenters. The minimum atomic E-state index is -1.24. The molecule has 12 amide bonds. The zero-order valence-electron chi connectivity index (χ0n) is 57.7. The predicted molar refractivity (Wildman–Crippen MR) is 366 cm³/mol. The fourth-order valence-corrected chi connectivity index (χ4v) is 12.8. The van der Waals surface area contributed by atoms with Crippen molar-refractivity contribution >= 4 is 103 Å². The van der Waals surface area contributed by atoms with Gasteiger partial charge in [0.15, 0.2) is 11.4 Å². The number of amides is 12. The standard InChI is InChI=1S/C67H95Br2N13O16/c1-13-39(6)59(48(96-11)28-53(87)81-26-20-25-47(81)61(97-12)40(7)62(90)74-41(8)60(89)43-23-18-15-19-24-43)80(10)65(93)55(37(2)3)78-64(92)58(38(4)5)79(9)54(88)35-98-36-73-50(84)32-72-63(91)44(27-42-21-16-14-17-22-42)75-51(85)33-70-49(83)31-71-52(86)34-82-66(94)56-57(67(82)95)77-46(30-69)45(29-68)76-56/h14-19,21-24,37-41,44,47-48,55,58-61,89H,13,20,25-36H2,1-12H3,(H,70,83)(H,71,86)(H,72,91)(H,73,84)(H,74,90)(H,75,85)(H,78,92)/t39-,40+,41+,44-,47-,48+,55-,58-,59-,60+,61+/m0/s1. The number of carbonyl (C=O) groups excluding carboxylic acids is 12. The van der Waals surface area contributed by atoms with E-state index in [2.05, 4.69) is 79.0 Å². The monoisotopic (exact) mass is 1500 g/mol. The van der Waals surface area contributed by atoms with Crippen LogP contribution in [0, 0.1) is 23.7 Å². The Labute approximate surface area is 588 Å². The van der Waals surface area contributed by atoms with Gasteiger partial charge in [-0.15, -0.1) is 0 Å². The number of rotatable bonds is 38. The number of likely N-dealkylation sites (tertiary alicyclic amines) is 1. The van der Waals surface area contributed by atoms with E-state index in [-0.39, 0.29) is 52.6 Å². The highest BCUT2D eigenvalue weighted by Gasteiger charge is 2.45. The molecular weight excluding hydrogens is 1400 g/mol. The second kappa shape index (κ2) is 39.1. The van der Waals surface area contributed by atoms with Crippen molar-refractivity contribution in [2.45, 2.75) is 153 Å². The van der Waals surface area contributed by atoms with Gasteiger partial charge in [-0.1, -0.05) is 147 Å². The lowest BCUT2D eigenvalue weighted by molar-refractivity contribution is -0.149. The highest BCUT2D eigenvalue weighted by atomic mass is 79.9. The van der Waals surface area contributed by atoms with E-state index >= 15 is 0 Å². The van der Waals surface area contributed by atoms with Crippen molar-refractivity contribution in [3.05, 3.63) is 94.6 Å². The quantitative estimate of drug-likeness (QED) is 0.0175. The van der Waals surface area contributed by atoms with Crippen molar-refractivity contribution in [2.75, 3.05) is 74.4 Å². The number of aliphatic hydroxyl groups excluding tert-OH is 1. The van der Waals surface area contributed by atoms with Crippen LogP contribution in [0.2, 0.25) is 0 Å². The van der Waals surface area contributed by atoms with Crippen LogP contribution in [0.15, 0.2) is 60.7 Å². The molecule has 8 N–H and O–H groups in total. The van der Waals surface area contributed by atoms with Crippen LogP contribution >= 0.6 is 31.9 Å². The number of halogens is 2. The average Bonchev–Trinajstić information content (AvgIpc) is 1.62. The number of imide groups is 1. The molecule has 31 heteroatoms. The number of methoxy groups -OCH3 is 2. The summed E-state index contributed by atoms with van der Waals surface area (Å²) in [5, 5.41) is 29.4. The van der Waals surface area contributed by atoms with Crippen molar-refractivity contribution in [3.8, 4) is 0 Å². The van der Waals surface area contributed by atoms with Crippen LogP contribution in [0.4, 0.5) is 0 Å². The molecule has 29 nitrogen and oxygen atoms in total. The van der Waals surface area contributed by atoms with E-state index in [4.69, 9.17) is 14.2 Å². The van der Waals surface area contributed by atoms with Gasteiger partial charge < -0.3 is 71.2 Å². The molecule has 2 aromatic carbocycles. The number of aromatic nitrogens is 2. The summed E-state index contributed by atoms with van der Waals surface area (Å²) < 4.78 is 17.5. The minimum absolute atomic E-state index is 0.0223. The fourth-order valence-electron chi connectivity index (χ4n) is 11.9. The number of benzene rings is 2. The van der Waals surface area contributed by atoms with E-state index < -0.39 is 171 Å². The molecule has 1 fully saturated rings. The number of ether oxygens (including phenoxy) is 3. The number of carbonyl (C=O) groups is 12. The predicted octanol–water partition coefficient (Wildman–Crippen LogP) is 1.81. The van der Waals surface area contributed by atoms with Crippen molar-refractivity contribution < 1.29 is 76.9 Å². The van der Waals surface area contributed by atoms with Crippen LogP contribution in [0.5, 0.6) is 0 Å².